The fraction of sp³-hybridized carbons (Fsp3) is 0.577. The quantitative estimate of drug-likeness (QED) is 0.308. The third-order valence-electron chi connectivity index (χ3n) is 8.16. The summed E-state index contributed by atoms with van der Waals surface area (Å²) in [5.74, 6) is 1.70. The largest absolute Gasteiger partial charge is 0.379 e. The van der Waals surface area contributed by atoms with E-state index in [0.29, 0.717) is 30.6 Å². The third kappa shape index (κ3) is 4.67. The van der Waals surface area contributed by atoms with Crippen LogP contribution in [-0.4, -0.2) is 99.5 Å². The van der Waals surface area contributed by atoms with Gasteiger partial charge in [-0.05, 0) is 57.6 Å². The van der Waals surface area contributed by atoms with Crippen molar-refractivity contribution in [2.75, 3.05) is 46.7 Å². The number of ether oxygens (including phenoxy) is 1. The zero-order valence-corrected chi connectivity index (χ0v) is 22.2. The predicted molar refractivity (Wildman–Crippen MR) is 142 cm³/mol. The first-order valence-corrected chi connectivity index (χ1v) is 12.8. The Morgan fingerprint density at radius 2 is 2.05 bits per heavy atom. The zero-order valence-electron chi connectivity index (χ0n) is 22.2. The summed E-state index contributed by atoms with van der Waals surface area (Å²) in [5, 5.41) is 21.1. The van der Waals surface area contributed by atoms with E-state index in [4.69, 9.17) is 9.72 Å². The van der Waals surface area contributed by atoms with E-state index < -0.39 is 11.6 Å². The van der Waals surface area contributed by atoms with Gasteiger partial charge in [-0.3, -0.25) is 15.0 Å². The van der Waals surface area contributed by atoms with Gasteiger partial charge in [0.2, 0.25) is 12.0 Å². The smallest absolute Gasteiger partial charge is 0.230 e. The van der Waals surface area contributed by atoms with Crippen LogP contribution in [0.3, 0.4) is 0 Å². The second kappa shape index (κ2) is 9.96. The highest BCUT2D eigenvalue weighted by atomic mass is 16.6. The summed E-state index contributed by atoms with van der Waals surface area (Å²) < 4.78 is 7.54. The van der Waals surface area contributed by atoms with E-state index in [2.05, 4.69) is 43.4 Å². The van der Waals surface area contributed by atoms with Crippen LogP contribution >= 0.6 is 0 Å². The molecule has 37 heavy (non-hydrogen) atoms. The number of methoxy groups -OCH3 is 1. The van der Waals surface area contributed by atoms with Crippen molar-refractivity contribution in [3.05, 3.63) is 52.3 Å². The van der Waals surface area contributed by atoms with Gasteiger partial charge < -0.3 is 15.0 Å². The van der Waals surface area contributed by atoms with Crippen molar-refractivity contribution < 1.29 is 9.66 Å². The Balaban J connectivity index is 1.44. The Labute approximate surface area is 217 Å². The summed E-state index contributed by atoms with van der Waals surface area (Å²) in [4.78, 5) is 25.2. The topological polar surface area (TPSA) is 114 Å². The van der Waals surface area contributed by atoms with Gasteiger partial charge in [0.25, 0.3) is 0 Å². The van der Waals surface area contributed by atoms with Crippen LogP contribution in [0.2, 0.25) is 0 Å². The highest BCUT2D eigenvalue weighted by molar-refractivity contribution is 5.81. The van der Waals surface area contributed by atoms with Crippen LogP contribution in [0.15, 0.2) is 36.7 Å². The molecule has 11 nitrogen and oxygen atoms in total. The number of rotatable bonds is 11. The number of anilines is 1. The van der Waals surface area contributed by atoms with Crippen molar-refractivity contribution in [2.24, 2.45) is 0 Å². The molecule has 2 saturated carbocycles. The first-order chi connectivity index (χ1) is 17.7. The molecule has 11 heteroatoms. The zero-order chi connectivity index (χ0) is 26.3. The molecule has 3 unspecified atom stereocenters. The van der Waals surface area contributed by atoms with E-state index in [0.717, 1.165) is 17.4 Å². The molecule has 198 valence electrons. The second-order valence-corrected chi connectivity index (χ2v) is 10.7. The number of hydrogen-bond acceptors (Lipinski definition) is 9. The third-order valence-corrected chi connectivity index (χ3v) is 8.16. The van der Waals surface area contributed by atoms with Crippen LogP contribution in [0, 0.1) is 10.1 Å². The van der Waals surface area contributed by atoms with Crippen molar-refractivity contribution in [1.29, 1.82) is 0 Å². The first kappa shape index (κ1) is 25.5. The Morgan fingerprint density at radius 1 is 1.27 bits per heavy atom. The fourth-order valence-corrected chi connectivity index (χ4v) is 5.63. The minimum absolute atomic E-state index is 0.199. The van der Waals surface area contributed by atoms with E-state index in [1.165, 1.54) is 18.4 Å². The van der Waals surface area contributed by atoms with Crippen molar-refractivity contribution >= 4 is 16.9 Å². The van der Waals surface area contributed by atoms with E-state index in [-0.39, 0.29) is 17.1 Å². The molecule has 1 aromatic carbocycles. The summed E-state index contributed by atoms with van der Waals surface area (Å²) in [7, 11) is 7.59. The molecule has 5 rings (SSSR count). The molecule has 0 bridgehead atoms. The van der Waals surface area contributed by atoms with E-state index in [1.54, 1.807) is 20.2 Å². The molecular formula is C26H36N8O3. The predicted octanol–water partition coefficient (Wildman–Crippen LogP) is 2.79. The van der Waals surface area contributed by atoms with Crippen LogP contribution in [-0.2, 0) is 4.74 Å². The Morgan fingerprint density at radius 3 is 2.73 bits per heavy atom. The van der Waals surface area contributed by atoms with Gasteiger partial charge >= 0.3 is 0 Å². The van der Waals surface area contributed by atoms with Gasteiger partial charge in [-0.15, -0.1) is 0 Å². The van der Waals surface area contributed by atoms with Gasteiger partial charge in [0.05, 0.1) is 23.9 Å². The summed E-state index contributed by atoms with van der Waals surface area (Å²) in [6, 6.07) is 7.12. The monoisotopic (exact) mass is 508 g/mol. The molecule has 4 atom stereocenters. The number of benzene rings is 1. The standard InChI is InChI=1S/C26H36N8O3/c1-17(34(35)36)26(32(4)13-12-31(2)3)15-22(37-5)24(26)30-25-27-11-10-23(29-25)33-21-9-8-19(18-6-7-18)14-20(21)16-28-33/h8-11,14,16-18,22,24H,6-7,12-13,15H2,1-5H3,(H,27,29,30)/t17?,22?,24?,26-/m0/s1. The Hall–Kier alpha value is -3.15. The molecule has 0 amide bonds. The maximum Gasteiger partial charge on any atom is 0.230 e. The molecule has 2 aromatic heterocycles. The molecule has 3 aromatic rings. The van der Waals surface area contributed by atoms with Crippen molar-refractivity contribution in [3.63, 3.8) is 0 Å². The number of hydrogen-bond donors (Lipinski definition) is 1. The average Bonchev–Trinajstić information content (AvgIpc) is 3.64. The van der Waals surface area contributed by atoms with Gasteiger partial charge in [0.1, 0.15) is 5.54 Å². The SMILES string of the molecule is COC1C[C@@](C(C)[N+](=O)[O-])(N(C)CCN(C)C)C1Nc1nccc(-n2ncc3cc(C4CC4)ccc32)n1. The summed E-state index contributed by atoms with van der Waals surface area (Å²) in [6.45, 7) is 3.15. The van der Waals surface area contributed by atoms with E-state index >= 15 is 0 Å². The molecule has 0 aliphatic heterocycles. The minimum Gasteiger partial charge on any atom is -0.379 e. The number of fused-ring (bicyclic) bond motifs is 1. The minimum atomic E-state index is -0.817. The second-order valence-electron chi connectivity index (χ2n) is 10.7. The molecule has 2 fully saturated rings. The maximum absolute atomic E-state index is 12.0. The number of nitro groups is 1. The van der Waals surface area contributed by atoms with Gasteiger partial charge in [-0.25, -0.2) is 9.67 Å². The lowest BCUT2D eigenvalue weighted by molar-refractivity contribution is -0.542. The van der Waals surface area contributed by atoms with Crippen LogP contribution in [0.1, 0.15) is 37.7 Å². The molecule has 1 N–H and O–H groups in total. The molecule has 0 radical (unpaired) electrons. The van der Waals surface area contributed by atoms with Gasteiger partial charge in [0, 0.05) is 56.1 Å². The van der Waals surface area contributed by atoms with E-state index in [9.17, 15) is 10.1 Å². The average molecular weight is 509 g/mol. The number of nitrogens with one attached hydrogen (secondary N) is 1. The lowest BCUT2D eigenvalue weighted by atomic mass is 9.64. The molecule has 0 spiro atoms. The highest BCUT2D eigenvalue weighted by Gasteiger charge is 2.64. The molecule has 2 heterocycles. The van der Waals surface area contributed by atoms with Crippen LogP contribution in [0.5, 0.6) is 0 Å². The first-order valence-electron chi connectivity index (χ1n) is 12.8. The number of likely N-dealkylation sites (N-methyl/N-ethyl adjacent to an activating group) is 2. The lowest BCUT2D eigenvalue weighted by Crippen LogP contribution is -2.78. The molecular weight excluding hydrogens is 472 g/mol. The normalized spacial score (nSPS) is 24.4. The maximum atomic E-state index is 12.0. The van der Waals surface area contributed by atoms with Crippen LogP contribution in [0.4, 0.5) is 5.95 Å². The summed E-state index contributed by atoms with van der Waals surface area (Å²) >= 11 is 0. The van der Waals surface area contributed by atoms with Crippen molar-refractivity contribution in [1.82, 2.24) is 29.5 Å². The van der Waals surface area contributed by atoms with Gasteiger partial charge in [0.15, 0.2) is 5.82 Å². The van der Waals surface area contributed by atoms with Crippen molar-refractivity contribution in [2.45, 2.75) is 55.8 Å². The Bertz CT molecular complexity index is 1280. The van der Waals surface area contributed by atoms with E-state index in [1.807, 2.05) is 38.1 Å². The van der Waals surface area contributed by atoms with Crippen molar-refractivity contribution in [3.8, 4) is 5.82 Å². The molecule has 0 saturated heterocycles. The van der Waals surface area contributed by atoms with Gasteiger partial charge in [-0.1, -0.05) is 6.07 Å². The van der Waals surface area contributed by atoms with Crippen LogP contribution < -0.4 is 5.32 Å². The van der Waals surface area contributed by atoms with Gasteiger partial charge in [-0.2, -0.15) is 10.1 Å². The molecule has 2 aliphatic carbocycles. The highest BCUT2D eigenvalue weighted by Crippen LogP contribution is 2.44. The number of aromatic nitrogens is 4. The summed E-state index contributed by atoms with van der Waals surface area (Å²) in [5.41, 5.74) is 1.59. The van der Waals surface area contributed by atoms with Crippen LogP contribution in [0.25, 0.3) is 16.7 Å². The summed E-state index contributed by atoms with van der Waals surface area (Å²) in [6.07, 6.45) is 6.40. The lowest BCUT2D eigenvalue weighted by Gasteiger charge is -2.58. The fourth-order valence-electron chi connectivity index (χ4n) is 5.63. The molecule has 2 aliphatic rings. The Kier molecular flexibility index (Phi) is 6.86. The number of nitrogens with zero attached hydrogens (tertiary/aromatic N) is 7.